The summed E-state index contributed by atoms with van der Waals surface area (Å²) in [5, 5.41) is 6.34. The normalized spacial score (nSPS) is 21.2. The van der Waals surface area contributed by atoms with Crippen LogP contribution < -0.4 is 10.6 Å². The number of aliphatic imine (C=N–C) groups is 1. The van der Waals surface area contributed by atoms with E-state index in [1.54, 1.807) is 13.1 Å². The SMILES string of the molecule is CN=C(NCc1cccc(C(F)(F)F)c1)NC1CCN(C(=O)C2CCCC2)C1. The predicted octanol–water partition coefficient (Wildman–Crippen LogP) is 3.16. The summed E-state index contributed by atoms with van der Waals surface area (Å²) in [6.45, 7) is 1.61. The maximum Gasteiger partial charge on any atom is 0.416 e. The molecule has 1 saturated heterocycles. The van der Waals surface area contributed by atoms with E-state index in [0.29, 0.717) is 18.1 Å². The second-order valence-electron chi connectivity index (χ2n) is 7.52. The van der Waals surface area contributed by atoms with Crippen molar-refractivity contribution in [1.29, 1.82) is 0 Å². The minimum atomic E-state index is -4.35. The third-order valence-corrected chi connectivity index (χ3v) is 5.48. The first-order valence-corrected chi connectivity index (χ1v) is 9.79. The van der Waals surface area contributed by atoms with Crippen molar-refractivity contribution in [3.63, 3.8) is 0 Å². The molecule has 2 fully saturated rings. The number of guanidine groups is 1. The molecule has 1 amide bonds. The molecule has 154 valence electrons. The lowest BCUT2D eigenvalue weighted by Crippen LogP contribution is -2.45. The third-order valence-electron chi connectivity index (χ3n) is 5.48. The summed E-state index contributed by atoms with van der Waals surface area (Å²) in [7, 11) is 1.62. The number of halogens is 3. The molecule has 1 atom stereocenters. The van der Waals surface area contributed by atoms with E-state index < -0.39 is 11.7 Å². The monoisotopic (exact) mass is 396 g/mol. The average molecular weight is 396 g/mol. The number of rotatable bonds is 4. The van der Waals surface area contributed by atoms with Crippen LogP contribution in [0.1, 0.15) is 43.2 Å². The first-order chi connectivity index (χ1) is 13.4. The first kappa shape index (κ1) is 20.5. The van der Waals surface area contributed by atoms with Gasteiger partial charge in [-0.05, 0) is 37.0 Å². The Kier molecular flexibility index (Phi) is 6.46. The van der Waals surface area contributed by atoms with E-state index >= 15 is 0 Å². The molecule has 1 aliphatic heterocycles. The van der Waals surface area contributed by atoms with Gasteiger partial charge in [0, 0.05) is 38.6 Å². The van der Waals surface area contributed by atoms with Crippen molar-refractivity contribution in [2.24, 2.45) is 10.9 Å². The molecule has 8 heteroatoms. The van der Waals surface area contributed by atoms with E-state index in [0.717, 1.165) is 50.8 Å². The van der Waals surface area contributed by atoms with Gasteiger partial charge < -0.3 is 15.5 Å². The standard InChI is InChI=1S/C20H27F3N4O/c1-24-19(25-12-14-5-4-8-16(11-14)20(21,22)23)26-17-9-10-27(13-17)18(28)15-6-2-3-7-15/h4-5,8,11,15,17H,2-3,6-7,9-10,12-13H2,1H3,(H2,24,25,26). The van der Waals surface area contributed by atoms with E-state index in [1.165, 1.54) is 6.07 Å². The van der Waals surface area contributed by atoms with Crippen LogP contribution in [0.5, 0.6) is 0 Å². The summed E-state index contributed by atoms with van der Waals surface area (Å²) in [4.78, 5) is 18.6. The number of benzene rings is 1. The van der Waals surface area contributed by atoms with Crippen LogP contribution in [0.4, 0.5) is 13.2 Å². The van der Waals surface area contributed by atoms with Crippen LogP contribution in [0.2, 0.25) is 0 Å². The summed E-state index contributed by atoms with van der Waals surface area (Å²) < 4.78 is 38.5. The molecule has 28 heavy (non-hydrogen) atoms. The second-order valence-corrected chi connectivity index (χ2v) is 7.52. The van der Waals surface area contributed by atoms with Gasteiger partial charge in [-0.25, -0.2) is 0 Å². The summed E-state index contributed by atoms with van der Waals surface area (Å²) in [5.41, 5.74) is -0.131. The molecule has 0 spiro atoms. The lowest BCUT2D eigenvalue weighted by Gasteiger charge is -2.21. The van der Waals surface area contributed by atoms with Gasteiger partial charge in [-0.3, -0.25) is 9.79 Å². The van der Waals surface area contributed by atoms with Crippen molar-refractivity contribution in [1.82, 2.24) is 15.5 Å². The number of carbonyl (C=O) groups excluding carboxylic acids is 1. The van der Waals surface area contributed by atoms with Crippen LogP contribution in [0.15, 0.2) is 29.3 Å². The zero-order valence-corrected chi connectivity index (χ0v) is 16.1. The van der Waals surface area contributed by atoms with Crippen LogP contribution >= 0.6 is 0 Å². The Hall–Kier alpha value is -2.25. The lowest BCUT2D eigenvalue weighted by molar-refractivity contribution is -0.137. The molecule has 3 rings (SSSR count). The Morgan fingerprint density at radius 2 is 2.00 bits per heavy atom. The van der Waals surface area contributed by atoms with Crippen molar-refractivity contribution in [3.8, 4) is 0 Å². The maximum absolute atomic E-state index is 12.8. The van der Waals surface area contributed by atoms with E-state index in [2.05, 4.69) is 15.6 Å². The molecule has 5 nitrogen and oxygen atoms in total. The highest BCUT2D eigenvalue weighted by molar-refractivity contribution is 5.81. The van der Waals surface area contributed by atoms with E-state index in [1.807, 2.05) is 4.90 Å². The van der Waals surface area contributed by atoms with Crippen LogP contribution in [-0.2, 0) is 17.5 Å². The number of alkyl halides is 3. The van der Waals surface area contributed by atoms with E-state index in [9.17, 15) is 18.0 Å². The fourth-order valence-corrected chi connectivity index (χ4v) is 3.94. The fourth-order valence-electron chi connectivity index (χ4n) is 3.94. The molecular weight excluding hydrogens is 369 g/mol. The topological polar surface area (TPSA) is 56.7 Å². The lowest BCUT2D eigenvalue weighted by atomic mass is 10.1. The predicted molar refractivity (Wildman–Crippen MR) is 102 cm³/mol. The molecule has 0 bridgehead atoms. The summed E-state index contributed by atoms with van der Waals surface area (Å²) in [6.07, 6.45) is 0.745. The Labute approximate surface area is 163 Å². The van der Waals surface area contributed by atoms with Gasteiger partial charge in [0.05, 0.1) is 5.56 Å². The van der Waals surface area contributed by atoms with Gasteiger partial charge in [0.15, 0.2) is 5.96 Å². The van der Waals surface area contributed by atoms with Crippen molar-refractivity contribution in [3.05, 3.63) is 35.4 Å². The maximum atomic E-state index is 12.8. The Morgan fingerprint density at radius 1 is 1.25 bits per heavy atom. The minimum Gasteiger partial charge on any atom is -0.352 e. The van der Waals surface area contributed by atoms with E-state index in [4.69, 9.17) is 0 Å². The molecular formula is C20H27F3N4O. The van der Waals surface area contributed by atoms with Crippen LogP contribution in [0, 0.1) is 5.92 Å². The summed E-state index contributed by atoms with van der Waals surface area (Å²) in [6, 6.07) is 5.34. The van der Waals surface area contributed by atoms with Crippen molar-refractivity contribution in [2.75, 3.05) is 20.1 Å². The highest BCUT2D eigenvalue weighted by Crippen LogP contribution is 2.29. The van der Waals surface area contributed by atoms with Gasteiger partial charge in [0.2, 0.25) is 5.91 Å². The molecule has 1 aromatic carbocycles. The van der Waals surface area contributed by atoms with Gasteiger partial charge in [0.1, 0.15) is 0 Å². The molecule has 0 aromatic heterocycles. The highest BCUT2D eigenvalue weighted by Gasteiger charge is 2.33. The first-order valence-electron chi connectivity index (χ1n) is 9.79. The molecule has 1 aromatic rings. The molecule has 1 heterocycles. The molecule has 2 aliphatic rings. The fraction of sp³-hybridized carbons (Fsp3) is 0.600. The largest absolute Gasteiger partial charge is 0.416 e. The number of likely N-dealkylation sites (tertiary alicyclic amines) is 1. The molecule has 1 saturated carbocycles. The van der Waals surface area contributed by atoms with Gasteiger partial charge in [-0.2, -0.15) is 13.2 Å². The number of nitrogens with one attached hydrogen (secondary N) is 2. The summed E-state index contributed by atoms with van der Waals surface area (Å²) >= 11 is 0. The van der Waals surface area contributed by atoms with Crippen LogP contribution in [-0.4, -0.2) is 42.9 Å². The van der Waals surface area contributed by atoms with Gasteiger partial charge >= 0.3 is 6.18 Å². The number of carbonyl (C=O) groups is 1. The zero-order chi connectivity index (χ0) is 20.1. The van der Waals surface area contributed by atoms with Gasteiger partial charge in [0.25, 0.3) is 0 Å². The zero-order valence-electron chi connectivity index (χ0n) is 16.1. The summed E-state index contributed by atoms with van der Waals surface area (Å²) in [5.74, 6) is 0.961. The van der Waals surface area contributed by atoms with Crippen molar-refractivity contribution < 1.29 is 18.0 Å². The smallest absolute Gasteiger partial charge is 0.352 e. The van der Waals surface area contributed by atoms with Gasteiger partial charge in [-0.1, -0.05) is 25.0 Å². The second kappa shape index (κ2) is 8.84. The quantitative estimate of drug-likeness (QED) is 0.607. The Bertz CT molecular complexity index is 714. The number of amides is 1. The number of hydrogen-bond donors (Lipinski definition) is 2. The Morgan fingerprint density at radius 3 is 2.68 bits per heavy atom. The molecule has 0 radical (unpaired) electrons. The average Bonchev–Trinajstić information content (AvgIpc) is 3.36. The van der Waals surface area contributed by atoms with Gasteiger partial charge in [-0.15, -0.1) is 0 Å². The van der Waals surface area contributed by atoms with E-state index in [-0.39, 0.29) is 24.4 Å². The van der Waals surface area contributed by atoms with Crippen molar-refractivity contribution in [2.45, 2.75) is 50.9 Å². The molecule has 1 aliphatic carbocycles. The van der Waals surface area contributed by atoms with Crippen LogP contribution in [0.3, 0.4) is 0 Å². The number of nitrogens with zero attached hydrogens (tertiary/aromatic N) is 2. The van der Waals surface area contributed by atoms with Crippen molar-refractivity contribution >= 4 is 11.9 Å². The molecule has 2 N–H and O–H groups in total. The number of hydrogen-bond acceptors (Lipinski definition) is 2. The highest BCUT2D eigenvalue weighted by atomic mass is 19.4. The Balaban J connectivity index is 1.49. The third kappa shape index (κ3) is 5.17. The van der Waals surface area contributed by atoms with Crippen LogP contribution in [0.25, 0.3) is 0 Å². The minimum absolute atomic E-state index is 0.0954. The molecule has 1 unspecified atom stereocenters.